The molecule has 0 bridgehead atoms. The molecule has 21 heavy (non-hydrogen) atoms. The number of hydrogen-bond donors (Lipinski definition) is 1. The monoisotopic (exact) mass is 288 g/mol. The van der Waals surface area contributed by atoms with Crippen molar-refractivity contribution in [3.8, 4) is 5.75 Å². The van der Waals surface area contributed by atoms with Crippen LogP contribution in [0.25, 0.3) is 0 Å². The lowest BCUT2D eigenvalue weighted by atomic mass is 10.2. The maximum Gasteiger partial charge on any atom is 0.243 e. The summed E-state index contributed by atoms with van der Waals surface area (Å²) >= 11 is 0. The van der Waals surface area contributed by atoms with Gasteiger partial charge in [-0.1, -0.05) is 5.16 Å². The standard InChI is InChI=1S/C15H20N4O2/c1-11(15-16-12(2)17-21-15)18-7-9-19(10-8-18)13-3-5-14(20)6-4-13/h3-6,11,20H,7-10H2,1-2H3. The topological polar surface area (TPSA) is 65.6 Å². The first kappa shape index (κ1) is 13.9. The number of aromatic nitrogens is 2. The van der Waals surface area contributed by atoms with Crippen LogP contribution in [0.3, 0.4) is 0 Å². The largest absolute Gasteiger partial charge is 0.508 e. The summed E-state index contributed by atoms with van der Waals surface area (Å²) in [5, 5.41) is 13.2. The van der Waals surface area contributed by atoms with E-state index >= 15 is 0 Å². The van der Waals surface area contributed by atoms with E-state index in [2.05, 4.69) is 26.9 Å². The van der Waals surface area contributed by atoms with E-state index in [0.717, 1.165) is 31.9 Å². The van der Waals surface area contributed by atoms with Crippen molar-refractivity contribution in [2.24, 2.45) is 0 Å². The lowest BCUT2D eigenvalue weighted by molar-refractivity contribution is 0.164. The van der Waals surface area contributed by atoms with Crippen molar-refractivity contribution in [1.29, 1.82) is 0 Å². The Balaban J connectivity index is 1.61. The van der Waals surface area contributed by atoms with Crippen molar-refractivity contribution in [1.82, 2.24) is 15.0 Å². The lowest BCUT2D eigenvalue weighted by Crippen LogP contribution is -2.47. The van der Waals surface area contributed by atoms with Crippen molar-refractivity contribution < 1.29 is 9.63 Å². The van der Waals surface area contributed by atoms with E-state index in [1.807, 2.05) is 19.1 Å². The molecular formula is C15H20N4O2. The zero-order chi connectivity index (χ0) is 14.8. The van der Waals surface area contributed by atoms with Crippen LogP contribution in [0, 0.1) is 6.92 Å². The Morgan fingerprint density at radius 3 is 2.38 bits per heavy atom. The molecule has 6 heteroatoms. The fraction of sp³-hybridized carbons (Fsp3) is 0.467. The average Bonchev–Trinajstić information content (AvgIpc) is 2.94. The van der Waals surface area contributed by atoms with Gasteiger partial charge in [0, 0.05) is 31.9 Å². The first-order valence-electron chi connectivity index (χ1n) is 7.22. The number of anilines is 1. The highest BCUT2D eigenvalue weighted by Crippen LogP contribution is 2.24. The van der Waals surface area contributed by atoms with Gasteiger partial charge >= 0.3 is 0 Å². The van der Waals surface area contributed by atoms with Gasteiger partial charge in [-0.05, 0) is 38.1 Å². The summed E-state index contributed by atoms with van der Waals surface area (Å²) in [5.41, 5.74) is 1.15. The molecule has 2 heterocycles. The maximum atomic E-state index is 9.35. The highest BCUT2D eigenvalue weighted by atomic mass is 16.5. The summed E-state index contributed by atoms with van der Waals surface area (Å²) in [6.45, 7) is 7.73. The summed E-state index contributed by atoms with van der Waals surface area (Å²) in [6.07, 6.45) is 0. The Bertz CT molecular complexity index is 588. The van der Waals surface area contributed by atoms with Crippen LogP contribution < -0.4 is 4.90 Å². The highest BCUT2D eigenvalue weighted by molar-refractivity contribution is 5.49. The predicted octanol–water partition coefficient (Wildman–Crippen LogP) is 1.97. The van der Waals surface area contributed by atoms with Gasteiger partial charge in [0.05, 0.1) is 6.04 Å². The second kappa shape index (κ2) is 5.73. The summed E-state index contributed by atoms with van der Waals surface area (Å²) < 4.78 is 5.26. The molecule has 0 radical (unpaired) electrons. The number of hydrogen-bond acceptors (Lipinski definition) is 6. The van der Waals surface area contributed by atoms with Crippen LogP contribution in [-0.2, 0) is 0 Å². The molecular weight excluding hydrogens is 268 g/mol. The van der Waals surface area contributed by atoms with E-state index in [9.17, 15) is 5.11 Å². The van der Waals surface area contributed by atoms with Gasteiger partial charge in [-0.3, -0.25) is 4.90 Å². The second-order valence-electron chi connectivity index (χ2n) is 5.40. The number of aryl methyl sites for hydroxylation is 1. The Morgan fingerprint density at radius 1 is 1.14 bits per heavy atom. The van der Waals surface area contributed by atoms with Gasteiger partial charge < -0.3 is 14.5 Å². The smallest absolute Gasteiger partial charge is 0.243 e. The lowest BCUT2D eigenvalue weighted by Gasteiger charge is -2.38. The Labute approximate surface area is 124 Å². The summed E-state index contributed by atoms with van der Waals surface area (Å²) in [6, 6.07) is 7.51. The van der Waals surface area contributed by atoms with Gasteiger partial charge in [-0.25, -0.2) is 0 Å². The summed E-state index contributed by atoms with van der Waals surface area (Å²) in [4.78, 5) is 8.98. The van der Waals surface area contributed by atoms with Crippen molar-refractivity contribution in [2.45, 2.75) is 19.9 Å². The molecule has 1 atom stereocenters. The van der Waals surface area contributed by atoms with Crippen LogP contribution in [0.15, 0.2) is 28.8 Å². The molecule has 1 unspecified atom stereocenters. The Kier molecular flexibility index (Phi) is 3.79. The van der Waals surface area contributed by atoms with Gasteiger partial charge in [0.1, 0.15) is 5.75 Å². The molecule has 2 aromatic rings. The SMILES string of the molecule is Cc1noc(C(C)N2CCN(c3ccc(O)cc3)CC2)n1. The zero-order valence-corrected chi connectivity index (χ0v) is 12.4. The minimum absolute atomic E-state index is 0.146. The van der Waals surface area contributed by atoms with Gasteiger partial charge in [0.2, 0.25) is 5.89 Å². The highest BCUT2D eigenvalue weighted by Gasteiger charge is 2.25. The molecule has 0 aliphatic carbocycles. The van der Waals surface area contributed by atoms with Crippen LogP contribution in [0.4, 0.5) is 5.69 Å². The molecule has 1 N–H and O–H groups in total. The number of piperazine rings is 1. The van der Waals surface area contributed by atoms with Gasteiger partial charge in [-0.15, -0.1) is 0 Å². The fourth-order valence-electron chi connectivity index (χ4n) is 2.67. The van der Waals surface area contributed by atoms with Crippen LogP contribution >= 0.6 is 0 Å². The first-order chi connectivity index (χ1) is 10.1. The Morgan fingerprint density at radius 2 is 1.81 bits per heavy atom. The van der Waals surface area contributed by atoms with E-state index in [4.69, 9.17) is 4.52 Å². The van der Waals surface area contributed by atoms with Gasteiger partial charge in [0.15, 0.2) is 5.82 Å². The van der Waals surface area contributed by atoms with Gasteiger partial charge in [0.25, 0.3) is 0 Å². The second-order valence-corrected chi connectivity index (χ2v) is 5.40. The van der Waals surface area contributed by atoms with E-state index in [1.54, 1.807) is 12.1 Å². The fourth-order valence-corrected chi connectivity index (χ4v) is 2.67. The Hall–Kier alpha value is -2.08. The number of benzene rings is 1. The number of nitrogens with zero attached hydrogens (tertiary/aromatic N) is 4. The number of phenols is 1. The van der Waals surface area contributed by atoms with E-state index in [-0.39, 0.29) is 6.04 Å². The van der Waals surface area contributed by atoms with Crippen molar-refractivity contribution in [3.05, 3.63) is 36.0 Å². The van der Waals surface area contributed by atoms with E-state index < -0.39 is 0 Å². The summed E-state index contributed by atoms with van der Waals surface area (Å²) in [5.74, 6) is 1.67. The quantitative estimate of drug-likeness (QED) is 0.931. The molecule has 1 aromatic carbocycles. The third kappa shape index (κ3) is 3.00. The molecule has 1 aliphatic rings. The first-order valence-corrected chi connectivity index (χ1v) is 7.22. The molecule has 0 spiro atoms. The predicted molar refractivity (Wildman–Crippen MR) is 79.3 cm³/mol. The van der Waals surface area contributed by atoms with E-state index in [0.29, 0.717) is 17.5 Å². The molecule has 112 valence electrons. The van der Waals surface area contributed by atoms with Crippen LogP contribution in [-0.4, -0.2) is 46.3 Å². The van der Waals surface area contributed by atoms with Crippen LogP contribution in [0.2, 0.25) is 0 Å². The van der Waals surface area contributed by atoms with Crippen LogP contribution in [0.5, 0.6) is 5.75 Å². The van der Waals surface area contributed by atoms with Crippen molar-refractivity contribution >= 4 is 5.69 Å². The van der Waals surface area contributed by atoms with Crippen molar-refractivity contribution in [2.75, 3.05) is 31.1 Å². The van der Waals surface area contributed by atoms with Crippen LogP contribution in [0.1, 0.15) is 24.7 Å². The average molecular weight is 288 g/mol. The maximum absolute atomic E-state index is 9.35. The minimum Gasteiger partial charge on any atom is -0.508 e. The third-order valence-corrected chi connectivity index (χ3v) is 3.98. The molecule has 1 aromatic heterocycles. The minimum atomic E-state index is 0.146. The van der Waals surface area contributed by atoms with Gasteiger partial charge in [-0.2, -0.15) is 4.98 Å². The molecule has 0 amide bonds. The number of aromatic hydroxyl groups is 1. The molecule has 1 fully saturated rings. The zero-order valence-electron chi connectivity index (χ0n) is 12.4. The molecule has 1 aliphatic heterocycles. The molecule has 6 nitrogen and oxygen atoms in total. The van der Waals surface area contributed by atoms with E-state index in [1.165, 1.54) is 0 Å². The number of phenolic OH excluding ortho intramolecular Hbond substituents is 1. The molecule has 0 saturated carbocycles. The van der Waals surface area contributed by atoms with Crippen molar-refractivity contribution in [3.63, 3.8) is 0 Å². The normalized spacial score (nSPS) is 17.9. The number of rotatable bonds is 3. The molecule has 3 rings (SSSR count). The summed E-state index contributed by atoms with van der Waals surface area (Å²) in [7, 11) is 0. The molecule has 1 saturated heterocycles. The third-order valence-electron chi connectivity index (χ3n) is 3.98.